The number of halogens is 2. The first-order valence-electron chi connectivity index (χ1n) is 25.0. The lowest BCUT2D eigenvalue weighted by molar-refractivity contribution is 0.214. The number of piperidine rings is 2. The maximum absolute atomic E-state index is 7.02. The number of hydrogen-bond donors (Lipinski definition) is 0. The molecule has 8 aromatic rings. The molecule has 0 saturated carbocycles. The Hall–Kier alpha value is -6.70. The van der Waals surface area contributed by atoms with Crippen LogP contribution in [0.15, 0.2) is 134 Å². The van der Waals surface area contributed by atoms with Gasteiger partial charge in [-0.2, -0.15) is 10.2 Å². The van der Waals surface area contributed by atoms with Gasteiger partial charge in [-0.15, -0.1) is 0 Å². The number of pyridine rings is 2. The molecule has 2 aliphatic heterocycles. The zero-order valence-electron chi connectivity index (χ0n) is 41.0. The number of likely N-dealkylation sites (tertiary alicyclic amines) is 2. The molecule has 4 aromatic heterocycles. The third-order valence-electron chi connectivity index (χ3n) is 13.7. The van der Waals surface area contributed by atoms with Crippen molar-refractivity contribution in [3.8, 4) is 45.8 Å². The maximum Gasteiger partial charge on any atom is 0.153 e. The summed E-state index contributed by atoms with van der Waals surface area (Å²) in [6.07, 6.45) is 18.2. The summed E-state index contributed by atoms with van der Waals surface area (Å²) in [5.41, 5.74) is 10.6. The number of hydrogen-bond acceptors (Lipinski definition) is 10. The smallest absolute Gasteiger partial charge is 0.153 e. The number of benzene rings is 4. The molecule has 14 heteroatoms. The molecule has 0 bridgehead atoms. The summed E-state index contributed by atoms with van der Waals surface area (Å²) in [6, 6.07) is 32.3. The van der Waals surface area contributed by atoms with Crippen LogP contribution < -0.4 is 18.9 Å². The lowest BCUT2D eigenvalue weighted by Gasteiger charge is -2.27. The van der Waals surface area contributed by atoms with Gasteiger partial charge in [-0.1, -0.05) is 84.6 Å². The molecule has 0 atom stereocenters. The summed E-state index contributed by atoms with van der Waals surface area (Å²) in [5.74, 6) is 4.15. The van der Waals surface area contributed by atoms with Gasteiger partial charge in [-0.05, 0) is 135 Å². The number of nitrogens with zero attached hydrogens (tertiary/aromatic N) is 8. The van der Waals surface area contributed by atoms with E-state index in [1.807, 2.05) is 85.5 Å². The minimum absolute atomic E-state index is 0.328. The van der Waals surface area contributed by atoms with E-state index in [1.165, 1.54) is 38.5 Å². The van der Waals surface area contributed by atoms with Crippen molar-refractivity contribution < 1.29 is 18.9 Å². The van der Waals surface area contributed by atoms with Gasteiger partial charge < -0.3 is 18.9 Å². The second-order valence-corrected chi connectivity index (χ2v) is 19.6. The highest BCUT2D eigenvalue weighted by atomic mass is 35.5. The van der Waals surface area contributed by atoms with Crippen LogP contribution in [0, 0.1) is 13.8 Å². The molecular formula is C58H60Cl2N8O4. The summed E-state index contributed by atoms with van der Waals surface area (Å²) < 4.78 is 29.7. The van der Waals surface area contributed by atoms with E-state index in [4.69, 9.17) is 42.1 Å². The fourth-order valence-electron chi connectivity index (χ4n) is 9.59. The average molecular weight is 1000 g/mol. The summed E-state index contributed by atoms with van der Waals surface area (Å²) >= 11 is 14.0. The summed E-state index contributed by atoms with van der Waals surface area (Å²) in [5, 5.41) is 9.70. The lowest BCUT2D eigenvalue weighted by Crippen LogP contribution is -2.29. The number of rotatable bonds is 19. The SMILES string of the molecule is Cc1c(COc2cc(OCc3ccc(-n4cccn4)nc3)c(CN3CCCCC3)cc2Cl)cccc1-c1cccc(COc2cc(OCc3ccc(-n4cccn4)nc3)c(CN3CCCCC3)cc2Cl)c1C. The first-order chi connectivity index (χ1) is 35.3. The highest BCUT2D eigenvalue weighted by Gasteiger charge is 2.20. The van der Waals surface area contributed by atoms with Crippen LogP contribution in [0.5, 0.6) is 23.0 Å². The Kier molecular flexibility index (Phi) is 15.8. The standard InChI is InChI=1S/C58H60Cl2N8O4/c1-41-45(39-71-55-31-53(47(29-51(55)59)35-65-23-5-3-6-24-65)69-37-43-17-19-57(61-33-43)67-27-11-21-63-67)13-9-15-49(41)50-16-10-14-46(42(50)2)40-72-56-32-54(48(30-52(56)60)36-66-25-7-4-8-26-66)70-38-44-18-20-58(62-34-44)68-28-12-22-64-68/h9-22,27-34H,3-8,23-26,35-40H2,1-2H3. The van der Waals surface area contributed by atoms with Crippen molar-refractivity contribution in [2.75, 3.05) is 26.2 Å². The first-order valence-corrected chi connectivity index (χ1v) is 25.7. The molecule has 72 heavy (non-hydrogen) atoms. The molecule has 4 aromatic carbocycles. The predicted molar refractivity (Wildman–Crippen MR) is 283 cm³/mol. The molecule has 2 aliphatic rings. The minimum atomic E-state index is 0.328. The van der Waals surface area contributed by atoms with Gasteiger partial charge in [0.2, 0.25) is 0 Å². The van der Waals surface area contributed by atoms with Gasteiger partial charge in [0.15, 0.2) is 11.6 Å². The molecule has 2 fully saturated rings. The normalized spacial score (nSPS) is 14.3. The Bertz CT molecular complexity index is 2840. The van der Waals surface area contributed by atoms with E-state index >= 15 is 0 Å². The van der Waals surface area contributed by atoms with E-state index in [0.29, 0.717) is 48.0 Å². The van der Waals surface area contributed by atoms with Gasteiger partial charge in [-0.25, -0.2) is 19.3 Å². The number of ether oxygens (including phenoxy) is 4. The third-order valence-corrected chi connectivity index (χ3v) is 14.3. The monoisotopic (exact) mass is 1000 g/mol. The summed E-state index contributed by atoms with van der Waals surface area (Å²) in [6.45, 7) is 11.4. The molecule has 0 N–H and O–H groups in total. The van der Waals surface area contributed by atoms with E-state index in [2.05, 4.69) is 80.2 Å². The average Bonchev–Trinajstić information content (AvgIpc) is 4.16. The van der Waals surface area contributed by atoms with Crippen molar-refractivity contribution >= 4 is 23.2 Å². The van der Waals surface area contributed by atoms with Crippen LogP contribution in [0.3, 0.4) is 0 Å². The Labute approximate surface area is 432 Å². The molecule has 6 heterocycles. The molecule has 370 valence electrons. The zero-order valence-corrected chi connectivity index (χ0v) is 42.5. The first kappa shape index (κ1) is 48.9. The van der Waals surface area contributed by atoms with E-state index < -0.39 is 0 Å². The van der Waals surface area contributed by atoms with Crippen molar-refractivity contribution in [3.05, 3.63) is 189 Å². The Morgan fingerprint density at radius 1 is 0.458 bits per heavy atom. The van der Waals surface area contributed by atoms with E-state index in [-0.39, 0.29) is 0 Å². The van der Waals surface area contributed by atoms with Gasteiger partial charge in [0.05, 0.1) is 10.0 Å². The van der Waals surface area contributed by atoms with Crippen LogP contribution in [-0.4, -0.2) is 65.5 Å². The van der Waals surface area contributed by atoms with Gasteiger partial charge in [0, 0.05) is 84.7 Å². The van der Waals surface area contributed by atoms with Crippen LogP contribution in [0.1, 0.15) is 83.0 Å². The van der Waals surface area contributed by atoms with Gasteiger partial charge >= 0.3 is 0 Å². The van der Waals surface area contributed by atoms with Crippen LogP contribution in [0.4, 0.5) is 0 Å². The molecule has 0 unspecified atom stereocenters. The maximum atomic E-state index is 7.02. The topological polar surface area (TPSA) is 105 Å². The largest absolute Gasteiger partial charge is 0.488 e. The molecule has 0 amide bonds. The Balaban J connectivity index is 0.834. The highest BCUT2D eigenvalue weighted by Crippen LogP contribution is 2.38. The number of aromatic nitrogens is 6. The Morgan fingerprint density at radius 2 is 0.889 bits per heavy atom. The molecule has 0 spiro atoms. The van der Waals surface area contributed by atoms with E-state index in [1.54, 1.807) is 21.8 Å². The van der Waals surface area contributed by atoms with Crippen molar-refractivity contribution in [2.24, 2.45) is 0 Å². The van der Waals surface area contributed by atoms with Crippen molar-refractivity contribution in [3.63, 3.8) is 0 Å². The van der Waals surface area contributed by atoms with Crippen molar-refractivity contribution in [1.82, 2.24) is 39.3 Å². The zero-order chi connectivity index (χ0) is 49.2. The molecule has 12 nitrogen and oxygen atoms in total. The summed E-state index contributed by atoms with van der Waals surface area (Å²) in [7, 11) is 0. The van der Waals surface area contributed by atoms with Crippen LogP contribution in [0.25, 0.3) is 22.8 Å². The summed E-state index contributed by atoms with van der Waals surface area (Å²) in [4.78, 5) is 14.2. The van der Waals surface area contributed by atoms with Gasteiger partial charge in [-0.3, -0.25) is 9.80 Å². The van der Waals surface area contributed by atoms with Gasteiger partial charge in [0.25, 0.3) is 0 Å². The van der Waals surface area contributed by atoms with E-state index in [9.17, 15) is 0 Å². The van der Waals surface area contributed by atoms with Crippen molar-refractivity contribution in [1.29, 1.82) is 0 Å². The third kappa shape index (κ3) is 12.0. The van der Waals surface area contributed by atoms with Crippen LogP contribution in [0.2, 0.25) is 10.0 Å². The minimum Gasteiger partial charge on any atom is -0.488 e. The quantitative estimate of drug-likeness (QED) is 0.0778. The fourth-order valence-corrected chi connectivity index (χ4v) is 10.1. The molecular weight excluding hydrogens is 944 g/mol. The molecule has 10 rings (SSSR count). The second-order valence-electron chi connectivity index (χ2n) is 18.7. The molecule has 0 radical (unpaired) electrons. The van der Waals surface area contributed by atoms with Crippen LogP contribution in [-0.2, 0) is 39.5 Å². The lowest BCUT2D eigenvalue weighted by atomic mass is 9.92. The van der Waals surface area contributed by atoms with E-state index in [0.717, 1.165) is 118 Å². The van der Waals surface area contributed by atoms with Gasteiger partial charge in [0.1, 0.15) is 49.4 Å². The molecule has 2 saturated heterocycles. The predicted octanol–water partition coefficient (Wildman–Crippen LogP) is 12.7. The second kappa shape index (κ2) is 23.2. The Morgan fingerprint density at radius 3 is 1.28 bits per heavy atom. The molecule has 0 aliphatic carbocycles. The van der Waals surface area contributed by atoms with Crippen LogP contribution >= 0.6 is 23.2 Å². The van der Waals surface area contributed by atoms with Crippen molar-refractivity contribution in [2.45, 2.75) is 91.9 Å². The fraction of sp³-hybridized carbons (Fsp3) is 0.310. The highest BCUT2D eigenvalue weighted by molar-refractivity contribution is 6.32.